The average molecular weight is 281 g/mol. The fourth-order valence-corrected chi connectivity index (χ4v) is 2.40. The maximum absolute atomic E-state index is 12.2. The minimum absolute atomic E-state index is 0.155. The molecule has 2 aromatic carbocycles. The molecule has 5 heteroatoms. The van der Waals surface area contributed by atoms with Gasteiger partial charge in [-0.1, -0.05) is 24.3 Å². The van der Waals surface area contributed by atoms with Crippen LogP contribution >= 0.6 is 0 Å². The first kappa shape index (κ1) is 13.2. The Hall–Kier alpha value is -2.82. The summed E-state index contributed by atoms with van der Waals surface area (Å²) in [7, 11) is 0. The van der Waals surface area contributed by atoms with Gasteiger partial charge in [0.05, 0.1) is 0 Å². The topological polar surface area (TPSA) is 75.4 Å². The van der Waals surface area contributed by atoms with E-state index >= 15 is 0 Å². The Morgan fingerprint density at radius 3 is 2.05 bits per heavy atom. The molecule has 106 valence electrons. The van der Waals surface area contributed by atoms with Gasteiger partial charge < -0.3 is 16.0 Å². The van der Waals surface area contributed by atoms with Gasteiger partial charge in [0.25, 0.3) is 0 Å². The van der Waals surface area contributed by atoms with E-state index in [2.05, 4.69) is 5.32 Å². The molecule has 0 aliphatic carbocycles. The lowest BCUT2D eigenvalue weighted by Gasteiger charge is -2.16. The number of nitrogens with one attached hydrogen (secondary N) is 1. The summed E-state index contributed by atoms with van der Waals surface area (Å²) in [6, 6.07) is 14.4. The summed E-state index contributed by atoms with van der Waals surface area (Å²) >= 11 is 0. The molecule has 1 aliphatic heterocycles. The van der Waals surface area contributed by atoms with Crippen LogP contribution in [-0.2, 0) is 13.1 Å². The van der Waals surface area contributed by atoms with Crippen molar-refractivity contribution < 1.29 is 9.59 Å². The number of hydrogen-bond donors (Lipinski definition) is 2. The van der Waals surface area contributed by atoms with Gasteiger partial charge in [0, 0.05) is 24.3 Å². The number of urea groups is 1. The first-order valence-corrected chi connectivity index (χ1v) is 6.66. The Morgan fingerprint density at radius 1 is 0.952 bits per heavy atom. The van der Waals surface area contributed by atoms with Gasteiger partial charge in [-0.25, -0.2) is 4.79 Å². The zero-order chi connectivity index (χ0) is 14.8. The summed E-state index contributed by atoms with van der Waals surface area (Å²) in [5, 5.41) is 2.82. The van der Waals surface area contributed by atoms with Crippen molar-refractivity contribution in [2.24, 2.45) is 5.73 Å². The predicted octanol–water partition coefficient (Wildman–Crippen LogP) is 2.33. The second-order valence-corrected chi connectivity index (χ2v) is 5.00. The van der Waals surface area contributed by atoms with E-state index in [4.69, 9.17) is 5.73 Å². The van der Waals surface area contributed by atoms with Gasteiger partial charge >= 0.3 is 6.03 Å². The van der Waals surface area contributed by atoms with Crippen molar-refractivity contribution >= 4 is 17.6 Å². The van der Waals surface area contributed by atoms with Crippen molar-refractivity contribution in [3.63, 3.8) is 0 Å². The zero-order valence-corrected chi connectivity index (χ0v) is 11.4. The fourth-order valence-electron chi connectivity index (χ4n) is 2.40. The SMILES string of the molecule is NC(=O)c1ccc(NC(=O)N2Cc3ccccc3C2)cc1. The Bertz CT molecular complexity index is 670. The van der Waals surface area contributed by atoms with E-state index < -0.39 is 5.91 Å². The number of carbonyl (C=O) groups is 2. The Kier molecular flexibility index (Phi) is 3.31. The van der Waals surface area contributed by atoms with Crippen molar-refractivity contribution in [2.45, 2.75) is 13.1 Å². The number of benzene rings is 2. The Morgan fingerprint density at radius 2 is 1.52 bits per heavy atom. The van der Waals surface area contributed by atoms with Crippen molar-refractivity contribution in [1.29, 1.82) is 0 Å². The molecule has 3 amide bonds. The van der Waals surface area contributed by atoms with Crippen LogP contribution < -0.4 is 11.1 Å². The maximum Gasteiger partial charge on any atom is 0.322 e. The van der Waals surface area contributed by atoms with Crippen LogP contribution in [0.3, 0.4) is 0 Å². The normalized spacial score (nSPS) is 12.9. The number of carbonyl (C=O) groups excluding carboxylic acids is 2. The number of hydrogen-bond acceptors (Lipinski definition) is 2. The van der Waals surface area contributed by atoms with Gasteiger partial charge in [-0.2, -0.15) is 0 Å². The molecule has 1 heterocycles. The zero-order valence-electron chi connectivity index (χ0n) is 11.4. The molecule has 0 atom stereocenters. The van der Waals surface area contributed by atoms with Crippen LogP contribution in [0, 0.1) is 0 Å². The summed E-state index contributed by atoms with van der Waals surface area (Å²) in [5.74, 6) is -0.483. The molecular weight excluding hydrogens is 266 g/mol. The van der Waals surface area contributed by atoms with Crippen molar-refractivity contribution in [3.05, 3.63) is 65.2 Å². The molecule has 0 saturated heterocycles. The van der Waals surface area contributed by atoms with Crippen LogP contribution in [0.4, 0.5) is 10.5 Å². The number of rotatable bonds is 2. The van der Waals surface area contributed by atoms with Gasteiger partial charge in [-0.05, 0) is 35.4 Å². The molecule has 21 heavy (non-hydrogen) atoms. The molecule has 0 fully saturated rings. The number of anilines is 1. The third-order valence-corrected chi connectivity index (χ3v) is 3.55. The molecule has 0 unspecified atom stereocenters. The van der Waals surface area contributed by atoms with E-state index in [9.17, 15) is 9.59 Å². The highest BCUT2D eigenvalue weighted by molar-refractivity contribution is 5.94. The van der Waals surface area contributed by atoms with E-state index in [-0.39, 0.29) is 6.03 Å². The van der Waals surface area contributed by atoms with Crippen LogP contribution in [0.1, 0.15) is 21.5 Å². The first-order valence-electron chi connectivity index (χ1n) is 6.66. The van der Waals surface area contributed by atoms with Gasteiger partial charge in [0.1, 0.15) is 0 Å². The van der Waals surface area contributed by atoms with Gasteiger partial charge in [-0.3, -0.25) is 4.79 Å². The highest BCUT2D eigenvalue weighted by Gasteiger charge is 2.22. The Balaban J connectivity index is 1.66. The molecule has 0 saturated carbocycles. The third-order valence-electron chi connectivity index (χ3n) is 3.55. The predicted molar refractivity (Wildman–Crippen MR) is 79.7 cm³/mol. The fraction of sp³-hybridized carbons (Fsp3) is 0.125. The number of fused-ring (bicyclic) bond motifs is 1. The summed E-state index contributed by atoms with van der Waals surface area (Å²) in [5.41, 5.74) is 8.59. The number of primary amides is 1. The lowest BCUT2D eigenvalue weighted by Crippen LogP contribution is -2.30. The number of nitrogens with zero attached hydrogens (tertiary/aromatic N) is 1. The number of amides is 3. The lowest BCUT2D eigenvalue weighted by molar-refractivity contribution is 0.100. The highest BCUT2D eigenvalue weighted by atomic mass is 16.2. The van der Waals surface area contributed by atoms with Gasteiger partial charge in [0.15, 0.2) is 0 Å². The summed E-state index contributed by atoms with van der Waals surface area (Å²) in [4.78, 5) is 25.0. The van der Waals surface area contributed by atoms with E-state index in [1.807, 2.05) is 24.3 Å². The molecule has 3 rings (SSSR count). The minimum atomic E-state index is -0.483. The lowest BCUT2D eigenvalue weighted by atomic mass is 10.1. The largest absolute Gasteiger partial charge is 0.366 e. The van der Waals surface area contributed by atoms with E-state index in [0.29, 0.717) is 24.3 Å². The van der Waals surface area contributed by atoms with E-state index in [0.717, 1.165) is 0 Å². The van der Waals surface area contributed by atoms with Gasteiger partial charge in [0.2, 0.25) is 5.91 Å². The molecule has 0 bridgehead atoms. The molecule has 5 nitrogen and oxygen atoms in total. The molecule has 0 spiro atoms. The van der Waals surface area contributed by atoms with Crippen LogP contribution in [0.5, 0.6) is 0 Å². The molecular formula is C16H15N3O2. The second-order valence-electron chi connectivity index (χ2n) is 5.00. The Labute approximate surface area is 122 Å². The molecule has 2 aromatic rings. The second kappa shape index (κ2) is 5.28. The van der Waals surface area contributed by atoms with Crippen molar-refractivity contribution in [3.8, 4) is 0 Å². The first-order chi connectivity index (χ1) is 10.1. The van der Waals surface area contributed by atoms with Crippen molar-refractivity contribution in [1.82, 2.24) is 4.90 Å². The van der Waals surface area contributed by atoms with Crippen molar-refractivity contribution in [2.75, 3.05) is 5.32 Å². The van der Waals surface area contributed by atoms with E-state index in [1.165, 1.54) is 11.1 Å². The minimum Gasteiger partial charge on any atom is -0.366 e. The number of nitrogens with two attached hydrogens (primary N) is 1. The quantitative estimate of drug-likeness (QED) is 0.886. The van der Waals surface area contributed by atoms with Crippen LogP contribution in [0.15, 0.2) is 48.5 Å². The van der Waals surface area contributed by atoms with Crippen LogP contribution in [0.2, 0.25) is 0 Å². The van der Waals surface area contributed by atoms with Gasteiger partial charge in [-0.15, -0.1) is 0 Å². The average Bonchev–Trinajstić information content (AvgIpc) is 2.92. The molecule has 0 radical (unpaired) electrons. The molecule has 0 aromatic heterocycles. The molecule has 3 N–H and O–H groups in total. The van der Waals surface area contributed by atoms with E-state index in [1.54, 1.807) is 29.2 Å². The third kappa shape index (κ3) is 2.72. The summed E-state index contributed by atoms with van der Waals surface area (Å²) in [6.07, 6.45) is 0. The molecule has 1 aliphatic rings. The smallest absolute Gasteiger partial charge is 0.322 e. The summed E-state index contributed by atoms with van der Waals surface area (Å²) in [6.45, 7) is 1.22. The summed E-state index contributed by atoms with van der Waals surface area (Å²) < 4.78 is 0. The van der Waals surface area contributed by atoms with Crippen LogP contribution in [0.25, 0.3) is 0 Å². The monoisotopic (exact) mass is 281 g/mol. The van der Waals surface area contributed by atoms with Crippen LogP contribution in [-0.4, -0.2) is 16.8 Å². The maximum atomic E-state index is 12.2. The standard InChI is InChI=1S/C16H15N3O2/c17-15(20)11-5-7-14(8-6-11)18-16(21)19-9-12-3-1-2-4-13(12)10-19/h1-8H,9-10H2,(H2,17,20)(H,18,21). The highest BCUT2D eigenvalue weighted by Crippen LogP contribution is 2.23.